The number of hydrogen-bond donors (Lipinski definition) is 1. The van der Waals surface area contributed by atoms with Crippen molar-refractivity contribution in [2.45, 2.75) is 30.6 Å². The van der Waals surface area contributed by atoms with E-state index in [1.165, 1.54) is 0 Å². The molecule has 0 aliphatic heterocycles. The van der Waals surface area contributed by atoms with Crippen LogP contribution in [0.5, 0.6) is 0 Å². The van der Waals surface area contributed by atoms with Gasteiger partial charge in [-0.2, -0.15) is 13.2 Å². The molecule has 0 fully saturated rings. The monoisotopic (exact) mass is 419 g/mol. The molecule has 1 aromatic carbocycles. The van der Waals surface area contributed by atoms with Crippen molar-refractivity contribution in [2.75, 3.05) is 7.05 Å². The predicted molar refractivity (Wildman–Crippen MR) is 119 cm³/mol. The molecule has 1 aromatic rings. The van der Waals surface area contributed by atoms with Crippen molar-refractivity contribution in [3.63, 3.8) is 0 Å². The average Bonchev–Trinajstić information content (AvgIpc) is 2.67. The SMILES string of the molecule is C=NC1\C=C/C(C(S)N(C)/C(=C\C)c2ccccc2)=C\C=C\C1/N=C/C(F)(F)F. The molecule has 0 saturated carbocycles. The number of thiol groups is 1. The van der Waals surface area contributed by atoms with E-state index in [1.807, 2.05) is 67.4 Å². The van der Waals surface area contributed by atoms with Gasteiger partial charge in [-0.1, -0.05) is 66.8 Å². The van der Waals surface area contributed by atoms with Crippen molar-refractivity contribution in [3.8, 4) is 0 Å². The minimum absolute atomic E-state index is 0.00632. The second-order valence-electron chi connectivity index (χ2n) is 6.42. The van der Waals surface area contributed by atoms with Gasteiger partial charge in [0, 0.05) is 12.7 Å². The van der Waals surface area contributed by atoms with Crippen LogP contribution in [0, 0.1) is 0 Å². The van der Waals surface area contributed by atoms with Crippen molar-refractivity contribution in [1.29, 1.82) is 0 Å². The van der Waals surface area contributed by atoms with Crippen LogP contribution in [0.1, 0.15) is 12.5 Å². The molecule has 1 aliphatic rings. The topological polar surface area (TPSA) is 28.0 Å². The van der Waals surface area contributed by atoms with Crippen molar-refractivity contribution >= 4 is 31.3 Å². The van der Waals surface area contributed by atoms with E-state index in [4.69, 9.17) is 12.6 Å². The van der Waals surface area contributed by atoms with E-state index in [9.17, 15) is 13.2 Å². The van der Waals surface area contributed by atoms with E-state index in [0.717, 1.165) is 16.8 Å². The van der Waals surface area contributed by atoms with Crippen molar-refractivity contribution < 1.29 is 13.2 Å². The van der Waals surface area contributed by atoms with E-state index in [1.54, 1.807) is 18.2 Å². The summed E-state index contributed by atoms with van der Waals surface area (Å²) in [7, 11) is 1.94. The number of aliphatic imine (C=N–C) groups is 2. The van der Waals surface area contributed by atoms with Crippen LogP contribution in [-0.2, 0) is 0 Å². The molecule has 0 bridgehead atoms. The molecule has 154 valence electrons. The van der Waals surface area contributed by atoms with Gasteiger partial charge in [-0.3, -0.25) is 9.98 Å². The Morgan fingerprint density at radius 1 is 1.21 bits per heavy atom. The maximum Gasteiger partial charge on any atom is 0.426 e. The van der Waals surface area contributed by atoms with Crippen LogP contribution in [0.3, 0.4) is 0 Å². The molecule has 0 radical (unpaired) electrons. The molecule has 0 amide bonds. The fourth-order valence-corrected chi connectivity index (χ4v) is 3.26. The molecular weight excluding hydrogens is 395 g/mol. The van der Waals surface area contributed by atoms with E-state index in [2.05, 4.69) is 16.7 Å². The Hall–Kier alpha value is -2.54. The Labute approximate surface area is 175 Å². The standard InChI is InChI=1S/C22H24F3N3S/c1-4-20(16-9-6-5-7-10-16)28(3)21(29)17-11-8-12-19(18(26-2)14-13-17)27-15-22(23,24)25/h4-15,18-19,21,29H,2H2,1,3H3/b12-8+,14-13-,17-11+,20-4-,27-15+. The van der Waals surface area contributed by atoms with Gasteiger partial charge in [-0.15, -0.1) is 12.6 Å². The lowest BCUT2D eigenvalue weighted by molar-refractivity contribution is -0.0538. The number of benzene rings is 1. The van der Waals surface area contributed by atoms with Crippen LogP contribution in [0.15, 0.2) is 82.3 Å². The molecule has 0 heterocycles. The first kappa shape index (κ1) is 22.7. The Morgan fingerprint density at radius 2 is 1.90 bits per heavy atom. The Kier molecular flexibility index (Phi) is 8.08. The predicted octanol–water partition coefficient (Wildman–Crippen LogP) is 5.36. The van der Waals surface area contributed by atoms with Crippen LogP contribution >= 0.6 is 12.6 Å². The second-order valence-corrected chi connectivity index (χ2v) is 6.91. The quantitative estimate of drug-likeness (QED) is 0.375. The van der Waals surface area contributed by atoms with Gasteiger partial charge in [0.15, 0.2) is 0 Å². The summed E-state index contributed by atoms with van der Waals surface area (Å²) in [6.07, 6.45) is 6.14. The zero-order valence-electron chi connectivity index (χ0n) is 16.3. The van der Waals surface area contributed by atoms with Crippen LogP contribution in [0.25, 0.3) is 5.70 Å². The number of hydrogen-bond acceptors (Lipinski definition) is 4. The molecule has 3 nitrogen and oxygen atoms in total. The number of allylic oxidation sites excluding steroid dienone is 3. The Bertz CT molecular complexity index is 839. The van der Waals surface area contributed by atoms with Gasteiger partial charge in [0.05, 0.1) is 17.5 Å². The minimum Gasteiger partial charge on any atom is -0.359 e. The third-order valence-electron chi connectivity index (χ3n) is 4.42. The van der Waals surface area contributed by atoms with Gasteiger partial charge < -0.3 is 4.90 Å². The molecule has 2 rings (SSSR count). The third-order valence-corrected chi connectivity index (χ3v) is 5.07. The average molecular weight is 420 g/mol. The van der Waals surface area contributed by atoms with Gasteiger partial charge >= 0.3 is 6.18 Å². The summed E-state index contributed by atoms with van der Waals surface area (Å²) >= 11 is 4.76. The molecule has 0 aromatic heterocycles. The highest BCUT2D eigenvalue weighted by Crippen LogP contribution is 2.27. The maximum absolute atomic E-state index is 12.5. The molecule has 29 heavy (non-hydrogen) atoms. The maximum atomic E-state index is 12.5. The zero-order chi connectivity index (χ0) is 21.4. The van der Waals surface area contributed by atoms with Gasteiger partial charge in [-0.05, 0) is 24.8 Å². The zero-order valence-corrected chi connectivity index (χ0v) is 17.2. The van der Waals surface area contributed by atoms with E-state index in [-0.39, 0.29) is 11.6 Å². The smallest absolute Gasteiger partial charge is 0.359 e. The molecule has 1 aliphatic carbocycles. The van der Waals surface area contributed by atoms with E-state index in [0.29, 0.717) is 0 Å². The number of halogens is 3. The van der Waals surface area contributed by atoms with E-state index >= 15 is 0 Å². The number of rotatable bonds is 6. The van der Waals surface area contributed by atoms with Crippen LogP contribution in [-0.4, -0.2) is 48.5 Å². The summed E-state index contributed by atoms with van der Waals surface area (Å²) in [6.45, 7) is 5.45. The number of alkyl halides is 3. The summed E-state index contributed by atoms with van der Waals surface area (Å²) in [6, 6.07) is 8.58. The molecular formula is C22H24F3N3S. The molecule has 3 unspecified atom stereocenters. The molecule has 3 atom stereocenters. The third kappa shape index (κ3) is 6.49. The lowest BCUT2D eigenvalue weighted by Crippen LogP contribution is -2.28. The summed E-state index contributed by atoms with van der Waals surface area (Å²) in [5, 5.41) is -0.275. The van der Waals surface area contributed by atoms with Crippen LogP contribution in [0.4, 0.5) is 13.2 Å². The summed E-state index contributed by atoms with van der Waals surface area (Å²) in [5.74, 6) is 0. The van der Waals surface area contributed by atoms with Gasteiger partial charge in [0.2, 0.25) is 0 Å². The van der Waals surface area contributed by atoms with Crippen molar-refractivity contribution in [2.24, 2.45) is 9.98 Å². The first-order chi connectivity index (χ1) is 13.8. The Balaban J connectivity index is 2.26. The van der Waals surface area contributed by atoms with Gasteiger partial charge in [0.25, 0.3) is 0 Å². The highest BCUT2D eigenvalue weighted by Gasteiger charge is 2.26. The number of nitrogens with zero attached hydrogens (tertiary/aromatic N) is 3. The van der Waals surface area contributed by atoms with Crippen LogP contribution < -0.4 is 0 Å². The molecule has 0 spiro atoms. The Morgan fingerprint density at radius 3 is 2.48 bits per heavy atom. The fourth-order valence-electron chi connectivity index (χ4n) is 2.96. The summed E-state index contributed by atoms with van der Waals surface area (Å²) in [5.41, 5.74) is 2.95. The first-order valence-corrected chi connectivity index (χ1v) is 9.54. The second kappa shape index (κ2) is 10.3. The normalized spacial score (nSPS) is 25.4. The van der Waals surface area contributed by atoms with E-state index < -0.39 is 18.3 Å². The van der Waals surface area contributed by atoms with Crippen molar-refractivity contribution in [1.82, 2.24) is 4.90 Å². The van der Waals surface area contributed by atoms with Crippen molar-refractivity contribution in [3.05, 3.63) is 77.9 Å². The lowest BCUT2D eigenvalue weighted by atomic mass is 10.0. The summed E-state index contributed by atoms with van der Waals surface area (Å²) in [4.78, 5) is 9.55. The number of likely N-dealkylation sites (N-methyl/N-ethyl adjacent to an activating group) is 1. The molecule has 7 heteroatoms. The molecule has 0 saturated heterocycles. The fraction of sp³-hybridized carbons (Fsp3) is 0.273. The largest absolute Gasteiger partial charge is 0.426 e. The highest BCUT2D eigenvalue weighted by molar-refractivity contribution is 7.81. The van der Waals surface area contributed by atoms with Crippen LogP contribution in [0.2, 0.25) is 0 Å². The van der Waals surface area contributed by atoms with Gasteiger partial charge in [0.1, 0.15) is 6.21 Å². The highest BCUT2D eigenvalue weighted by atomic mass is 32.1. The lowest BCUT2D eigenvalue weighted by Gasteiger charge is -2.30. The van der Waals surface area contributed by atoms with Gasteiger partial charge in [-0.25, -0.2) is 0 Å². The molecule has 0 N–H and O–H groups in total. The minimum atomic E-state index is -4.47. The summed E-state index contributed by atoms with van der Waals surface area (Å²) < 4.78 is 37.4. The first-order valence-electron chi connectivity index (χ1n) is 9.03.